The molecule has 202 valence electrons. The highest BCUT2D eigenvalue weighted by molar-refractivity contribution is 7.92. The quantitative estimate of drug-likeness (QED) is 0.483. The number of nitrogens with one attached hydrogen (secondary N) is 1. The van der Waals surface area contributed by atoms with Gasteiger partial charge >= 0.3 is 6.18 Å². The molecule has 0 saturated carbocycles. The Labute approximate surface area is 219 Å². The van der Waals surface area contributed by atoms with E-state index in [0.717, 1.165) is 38.1 Å². The number of rotatable bonds is 6. The molecule has 38 heavy (non-hydrogen) atoms. The summed E-state index contributed by atoms with van der Waals surface area (Å²) in [5.74, 6) is -0.260. The molecule has 0 aliphatic carbocycles. The molecule has 3 aromatic rings. The zero-order chi connectivity index (χ0) is 27.1. The maximum absolute atomic E-state index is 13.8. The van der Waals surface area contributed by atoms with Crippen molar-refractivity contribution in [1.29, 1.82) is 0 Å². The van der Waals surface area contributed by atoms with E-state index in [0.29, 0.717) is 17.8 Å². The Morgan fingerprint density at radius 3 is 2.47 bits per heavy atom. The molecule has 0 bridgehead atoms. The van der Waals surface area contributed by atoms with Crippen LogP contribution in [-0.4, -0.2) is 66.7 Å². The van der Waals surface area contributed by atoms with E-state index in [-0.39, 0.29) is 34.7 Å². The number of alkyl halides is 3. The summed E-state index contributed by atoms with van der Waals surface area (Å²) in [6.07, 6.45) is -1.88. The van der Waals surface area contributed by atoms with Gasteiger partial charge in [-0.15, -0.1) is 0 Å². The molecule has 2 fully saturated rings. The van der Waals surface area contributed by atoms with Crippen molar-refractivity contribution in [2.24, 2.45) is 0 Å². The molecule has 0 unspecified atom stereocenters. The molecule has 2 aliphatic rings. The zero-order valence-electron chi connectivity index (χ0n) is 20.7. The van der Waals surface area contributed by atoms with Crippen molar-refractivity contribution in [2.75, 3.05) is 35.8 Å². The lowest BCUT2D eigenvalue weighted by molar-refractivity contribution is -0.137. The van der Waals surface area contributed by atoms with Crippen LogP contribution in [-0.2, 0) is 16.2 Å². The largest absolute Gasteiger partial charge is 0.418 e. The van der Waals surface area contributed by atoms with Gasteiger partial charge in [-0.25, -0.2) is 9.97 Å². The minimum atomic E-state index is -4.68. The molecule has 0 radical (unpaired) electrons. The first-order chi connectivity index (χ1) is 18.0. The van der Waals surface area contributed by atoms with Crippen LogP contribution in [0, 0.1) is 6.92 Å². The number of aryl methyl sites for hydroxylation is 1. The number of likely N-dealkylation sites (tertiary alicyclic amines) is 1. The highest BCUT2D eigenvalue weighted by Gasteiger charge is 2.39. The van der Waals surface area contributed by atoms with Crippen LogP contribution in [0.5, 0.6) is 0 Å². The monoisotopic (exact) mass is 547 g/mol. The lowest BCUT2D eigenvalue weighted by Gasteiger charge is -2.26. The van der Waals surface area contributed by atoms with Gasteiger partial charge < -0.3 is 10.0 Å². The summed E-state index contributed by atoms with van der Waals surface area (Å²) in [5, 5.41) is 10.4. The Kier molecular flexibility index (Phi) is 7.05. The number of pyridine rings is 2. The maximum Gasteiger partial charge on any atom is 0.418 e. The molecule has 1 aromatic carbocycles. The standard InChI is InChI=1S/C26H28F3N5O3S/c1-17-7-2-3-8-18(17)24-19(26(27,28)29)10-11-23(31-24)32-38(36,37)25-20(9-6-12-30-25)34-15-21(22(35)16-34)33-13-4-5-14-33/h2-3,6-12,21-22,35H,4-5,13-16H2,1H3,(H,31,32)/t21-,22-/m0/s1. The normalized spacial score (nSPS) is 20.7. The van der Waals surface area contributed by atoms with Crippen LogP contribution in [0.15, 0.2) is 59.8 Å². The van der Waals surface area contributed by atoms with E-state index in [1.54, 1.807) is 42.2 Å². The molecule has 2 saturated heterocycles. The Balaban J connectivity index is 1.47. The van der Waals surface area contributed by atoms with Crippen LogP contribution >= 0.6 is 0 Å². The minimum Gasteiger partial charge on any atom is -0.390 e. The van der Waals surface area contributed by atoms with Crippen molar-refractivity contribution in [2.45, 2.75) is 43.1 Å². The van der Waals surface area contributed by atoms with Crippen molar-refractivity contribution < 1.29 is 26.7 Å². The average molecular weight is 548 g/mol. The molecule has 0 amide bonds. The van der Waals surface area contributed by atoms with E-state index in [4.69, 9.17) is 0 Å². The lowest BCUT2D eigenvalue weighted by atomic mass is 10.0. The van der Waals surface area contributed by atoms with Crippen LogP contribution in [0.3, 0.4) is 0 Å². The van der Waals surface area contributed by atoms with E-state index in [1.165, 1.54) is 12.3 Å². The van der Waals surface area contributed by atoms with E-state index in [9.17, 15) is 26.7 Å². The number of aromatic nitrogens is 2. The first-order valence-electron chi connectivity index (χ1n) is 12.3. The number of aliphatic hydroxyl groups is 1. The van der Waals surface area contributed by atoms with E-state index < -0.39 is 27.9 Å². The van der Waals surface area contributed by atoms with Crippen molar-refractivity contribution in [1.82, 2.24) is 14.9 Å². The second kappa shape index (κ2) is 10.2. The zero-order valence-corrected chi connectivity index (χ0v) is 21.5. The van der Waals surface area contributed by atoms with Gasteiger partial charge in [0.05, 0.1) is 29.1 Å². The van der Waals surface area contributed by atoms with Crippen molar-refractivity contribution in [3.05, 3.63) is 65.9 Å². The molecule has 0 spiro atoms. The first-order valence-corrected chi connectivity index (χ1v) is 13.8. The summed E-state index contributed by atoms with van der Waals surface area (Å²) in [6.45, 7) is 4.11. The molecule has 12 heteroatoms. The molecule has 2 aromatic heterocycles. The molecule has 2 aliphatic heterocycles. The Bertz CT molecular complexity index is 1430. The van der Waals surface area contributed by atoms with Crippen LogP contribution in [0.1, 0.15) is 24.0 Å². The van der Waals surface area contributed by atoms with Gasteiger partial charge in [0, 0.05) is 24.8 Å². The summed E-state index contributed by atoms with van der Waals surface area (Å²) < 4.78 is 70.6. The topological polar surface area (TPSA) is 98.7 Å². The van der Waals surface area contributed by atoms with Gasteiger partial charge in [0.1, 0.15) is 5.82 Å². The number of nitrogens with zero attached hydrogens (tertiary/aromatic N) is 4. The molecule has 8 nitrogen and oxygen atoms in total. The van der Waals surface area contributed by atoms with Gasteiger partial charge in [-0.2, -0.15) is 21.6 Å². The van der Waals surface area contributed by atoms with Crippen LogP contribution in [0.4, 0.5) is 24.7 Å². The third kappa shape index (κ3) is 5.20. The minimum absolute atomic E-state index is 0.116. The molecule has 5 rings (SSSR count). The summed E-state index contributed by atoms with van der Waals surface area (Å²) in [4.78, 5) is 12.2. The summed E-state index contributed by atoms with van der Waals surface area (Å²) in [5.41, 5.74) is -0.205. The smallest absolute Gasteiger partial charge is 0.390 e. The Morgan fingerprint density at radius 1 is 1.03 bits per heavy atom. The third-order valence-corrected chi connectivity index (χ3v) is 8.36. The summed E-state index contributed by atoms with van der Waals surface area (Å²) in [7, 11) is -4.33. The number of benzene rings is 1. The fourth-order valence-corrected chi connectivity index (χ4v) is 6.36. The molecule has 2 N–H and O–H groups in total. The van der Waals surface area contributed by atoms with Crippen LogP contribution in [0.2, 0.25) is 0 Å². The van der Waals surface area contributed by atoms with Gasteiger partial charge in [0.15, 0.2) is 5.03 Å². The maximum atomic E-state index is 13.8. The Hall–Kier alpha value is -3.22. The van der Waals surface area contributed by atoms with Crippen molar-refractivity contribution >= 4 is 21.5 Å². The molecular weight excluding hydrogens is 519 g/mol. The second-order valence-electron chi connectivity index (χ2n) is 9.62. The molecule has 2 atom stereocenters. The van der Waals surface area contributed by atoms with Gasteiger partial charge in [-0.1, -0.05) is 24.3 Å². The lowest BCUT2D eigenvalue weighted by Crippen LogP contribution is -2.41. The highest BCUT2D eigenvalue weighted by atomic mass is 32.2. The van der Waals surface area contributed by atoms with E-state index in [2.05, 4.69) is 19.6 Å². The number of sulfonamides is 1. The number of anilines is 2. The third-order valence-electron chi connectivity index (χ3n) is 7.05. The second-order valence-corrected chi connectivity index (χ2v) is 11.2. The predicted molar refractivity (Wildman–Crippen MR) is 137 cm³/mol. The number of hydrogen-bond acceptors (Lipinski definition) is 7. The highest BCUT2D eigenvalue weighted by Crippen LogP contribution is 2.38. The van der Waals surface area contributed by atoms with Gasteiger partial charge in [0.2, 0.25) is 0 Å². The predicted octanol–water partition coefficient (Wildman–Crippen LogP) is 3.92. The fraction of sp³-hybridized carbons (Fsp3) is 0.385. The van der Waals surface area contributed by atoms with Crippen molar-refractivity contribution in [3.63, 3.8) is 0 Å². The van der Waals surface area contributed by atoms with Crippen molar-refractivity contribution in [3.8, 4) is 11.3 Å². The van der Waals surface area contributed by atoms with Crippen LogP contribution in [0.25, 0.3) is 11.3 Å². The Morgan fingerprint density at radius 2 is 1.76 bits per heavy atom. The van der Waals surface area contributed by atoms with Gasteiger partial charge in [0.25, 0.3) is 10.0 Å². The van der Waals surface area contributed by atoms with Gasteiger partial charge in [-0.3, -0.25) is 9.62 Å². The molecule has 4 heterocycles. The first kappa shape index (κ1) is 26.4. The number of aliphatic hydroxyl groups excluding tert-OH is 1. The van der Waals surface area contributed by atoms with E-state index in [1.807, 2.05) is 0 Å². The number of hydrogen-bond donors (Lipinski definition) is 2. The van der Waals surface area contributed by atoms with Gasteiger partial charge in [-0.05, 0) is 62.7 Å². The van der Waals surface area contributed by atoms with Crippen LogP contribution < -0.4 is 9.62 Å². The summed E-state index contributed by atoms with van der Waals surface area (Å²) >= 11 is 0. The number of β-amino-alcohol motifs (C(OH)–C–C–N with tert-alkyl or cyclic N) is 1. The molecular formula is C26H28F3N5O3S. The SMILES string of the molecule is Cc1ccccc1-c1nc(NS(=O)(=O)c2ncccc2N2C[C@H](O)[C@@H](N3CCCC3)C2)ccc1C(F)(F)F. The number of halogens is 3. The summed E-state index contributed by atoms with van der Waals surface area (Å²) in [6, 6.07) is 11.4. The average Bonchev–Trinajstić information content (AvgIpc) is 3.53. The van der Waals surface area contributed by atoms with E-state index >= 15 is 0 Å². The fourth-order valence-electron chi connectivity index (χ4n) is 5.20.